The van der Waals surface area contributed by atoms with E-state index in [1.165, 1.54) is 11.1 Å². The van der Waals surface area contributed by atoms with Gasteiger partial charge < -0.3 is 10.1 Å². The normalized spacial score (nSPS) is 10.3. The molecule has 2 rings (SSSR count). The second-order valence-electron chi connectivity index (χ2n) is 5.35. The van der Waals surface area contributed by atoms with Gasteiger partial charge in [-0.25, -0.2) is 4.98 Å². The van der Waals surface area contributed by atoms with Crippen LogP contribution in [0.5, 0.6) is 5.88 Å². The minimum Gasteiger partial charge on any atom is -0.478 e. The van der Waals surface area contributed by atoms with Crippen molar-refractivity contribution < 1.29 is 9.53 Å². The monoisotopic (exact) mass is 312 g/mol. The van der Waals surface area contributed by atoms with Crippen LogP contribution in [0.15, 0.2) is 42.6 Å². The molecule has 0 aliphatic rings. The molecule has 1 aromatic carbocycles. The number of carbonyl (C=O) groups excluding carboxylic acids is 1. The molecule has 1 amide bonds. The summed E-state index contributed by atoms with van der Waals surface area (Å²) < 4.78 is 5.46. The molecule has 1 heterocycles. The van der Waals surface area contributed by atoms with Gasteiger partial charge >= 0.3 is 0 Å². The molecule has 4 nitrogen and oxygen atoms in total. The number of aromatic nitrogens is 1. The first kappa shape index (κ1) is 17.0. The van der Waals surface area contributed by atoms with Gasteiger partial charge in [0.15, 0.2) is 0 Å². The summed E-state index contributed by atoms with van der Waals surface area (Å²) in [5.41, 5.74) is 3.40. The first-order valence-corrected chi connectivity index (χ1v) is 8.14. The molecule has 2 aromatic rings. The van der Waals surface area contributed by atoms with E-state index in [4.69, 9.17) is 4.74 Å². The Kier molecular flexibility index (Phi) is 6.60. The third-order valence-electron chi connectivity index (χ3n) is 3.68. The van der Waals surface area contributed by atoms with E-state index in [0.717, 1.165) is 18.4 Å². The minimum atomic E-state index is 0.0378. The van der Waals surface area contributed by atoms with Crippen molar-refractivity contribution in [2.24, 2.45) is 0 Å². The fraction of sp³-hybridized carbons (Fsp3) is 0.368. The van der Waals surface area contributed by atoms with Gasteiger partial charge in [-0.2, -0.15) is 0 Å². The Hall–Kier alpha value is -2.36. The Balaban J connectivity index is 1.81. The Labute approximate surface area is 137 Å². The van der Waals surface area contributed by atoms with Crippen LogP contribution in [0.1, 0.15) is 37.0 Å². The lowest BCUT2D eigenvalue weighted by Gasteiger charge is -2.10. The second kappa shape index (κ2) is 8.93. The number of rotatable bonds is 8. The van der Waals surface area contributed by atoms with Crippen molar-refractivity contribution in [3.63, 3.8) is 0 Å². The molecule has 0 spiro atoms. The zero-order valence-electron chi connectivity index (χ0n) is 13.8. The standard InChI is InChI=1S/C19H24N2O2/c1-3-15-7-9-16(10-8-15)11-12-18(22)21-14-17-6-5-13-20-19(17)23-4-2/h5-10,13H,3-4,11-12,14H2,1-2H3,(H,21,22). The van der Waals surface area contributed by atoms with E-state index < -0.39 is 0 Å². The number of carbonyl (C=O) groups is 1. The molecule has 23 heavy (non-hydrogen) atoms. The van der Waals surface area contributed by atoms with Crippen molar-refractivity contribution in [3.8, 4) is 5.88 Å². The molecular weight excluding hydrogens is 288 g/mol. The average molecular weight is 312 g/mol. The van der Waals surface area contributed by atoms with Gasteiger partial charge in [0.2, 0.25) is 11.8 Å². The number of aryl methyl sites for hydroxylation is 2. The molecule has 4 heteroatoms. The molecule has 0 aliphatic carbocycles. The van der Waals surface area contributed by atoms with Crippen LogP contribution in [0.3, 0.4) is 0 Å². The smallest absolute Gasteiger partial charge is 0.220 e. The lowest BCUT2D eigenvalue weighted by Crippen LogP contribution is -2.23. The highest BCUT2D eigenvalue weighted by Gasteiger charge is 2.07. The summed E-state index contributed by atoms with van der Waals surface area (Å²) in [5.74, 6) is 0.626. The van der Waals surface area contributed by atoms with Crippen LogP contribution in [-0.2, 0) is 24.2 Å². The zero-order chi connectivity index (χ0) is 16.5. The van der Waals surface area contributed by atoms with Crippen LogP contribution < -0.4 is 10.1 Å². The van der Waals surface area contributed by atoms with E-state index in [-0.39, 0.29) is 5.91 Å². The second-order valence-corrected chi connectivity index (χ2v) is 5.35. The van der Waals surface area contributed by atoms with Crippen molar-refractivity contribution in [2.75, 3.05) is 6.61 Å². The molecule has 0 saturated carbocycles. The van der Waals surface area contributed by atoms with E-state index in [1.54, 1.807) is 6.20 Å². The summed E-state index contributed by atoms with van der Waals surface area (Å²) in [6.45, 7) is 5.06. The molecule has 122 valence electrons. The number of hydrogen-bond acceptors (Lipinski definition) is 3. The Bertz CT molecular complexity index is 624. The van der Waals surface area contributed by atoms with Crippen molar-refractivity contribution in [1.29, 1.82) is 0 Å². The van der Waals surface area contributed by atoms with Crippen molar-refractivity contribution in [2.45, 2.75) is 39.7 Å². The third kappa shape index (κ3) is 5.40. The maximum atomic E-state index is 12.0. The lowest BCUT2D eigenvalue weighted by atomic mass is 10.1. The van der Waals surface area contributed by atoms with Crippen LogP contribution in [0.2, 0.25) is 0 Å². The van der Waals surface area contributed by atoms with Gasteiger partial charge in [-0.3, -0.25) is 4.79 Å². The van der Waals surface area contributed by atoms with Crippen molar-refractivity contribution in [3.05, 3.63) is 59.3 Å². The fourth-order valence-electron chi connectivity index (χ4n) is 2.31. The van der Waals surface area contributed by atoms with Gasteiger partial charge in [-0.05, 0) is 37.0 Å². The van der Waals surface area contributed by atoms with E-state index in [0.29, 0.717) is 25.5 Å². The number of nitrogens with zero attached hydrogens (tertiary/aromatic N) is 1. The molecule has 0 unspecified atom stereocenters. The molecule has 0 radical (unpaired) electrons. The number of hydrogen-bond donors (Lipinski definition) is 1. The minimum absolute atomic E-state index is 0.0378. The van der Waals surface area contributed by atoms with Crippen LogP contribution in [0.4, 0.5) is 0 Å². The molecule has 1 N–H and O–H groups in total. The van der Waals surface area contributed by atoms with Gasteiger partial charge in [-0.1, -0.05) is 37.3 Å². The molecule has 1 aromatic heterocycles. The first-order chi connectivity index (χ1) is 11.2. The lowest BCUT2D eigenvalue weighted by molar-refractivity contribution is -0.121. The zero-order valence-corrected chi connectivity index (χ0v) is 13.8. The predicted molar refractivity (Wildman–Crippen MR) is 91.4 cm³/mol. The number of benzene rings is 1. The summed E-state index contributed by atoms with van der Waals surface area (Å²) in [5, 5.41) is 2.93. The molecule has 0 fully saturated rings. The van der Waals surface area contributed by atoms with Gasteiger partial charge in [-0.15, -0.1) is 0 Å². The average Bonchev–Trinajstić information content (AvgIpc) is 2.60. The van der Waals surface area contributed by atoms with Crippen molar-refractivity contribution in [1.82, 2.24) is 10.3 Å². The number of ether oxygens (including phenoxy) is 1. The molecule has 0 aliphatic heterocycles. The maximum absolute atomic E-state index is 12.0. The summed E-state index contributed by atoms with van der Waals surface area (Å²) in [6.07, 6.45) is 3.96. The van der Waals surface area contributed by atoms with E-state index >= 15 is 0 Å². The van der Waals surface area contributed by atoms with E-state index in [1.807, 2.05) is 19.1 Å². The van der Waals surface area contributed by atoms with Gasteiger partial charge in [0.25, 0.3) is 0 Å². The Morgan fingerprint density at radius 2 is 1.87 bits per heavy atom. The summed E-state index contributed by atoms with van der Waals surface area (Å²) in [7, 11) is 0. The van der Waals surface area contributed by atoms with E-state index in [2.05, 4.69) is 41.5 Å². The van der Waals surface area contributed by atoms with Crippen LogP contribution >= 0.6 is 0 Å². The number of nitrogens with one attached hydrogen (secondary N) is 1. The molecule has 0 bridgehead atoms. The van der Waals surface area contributed by atoms with Gasteiger partial charge in [0.1, 0.15) is 0 Å². The number of pyridine rings is 1. The maximum Gasteiger partial charge on any atom is 0.220 e. The topological polar surface area (TPSA) is 51.2 Å². The number of amides is 1. The van der Waals surface area contributed by atoms with Crippen molar-refractivity contribution >= 4 is 5.91 Å². The predicted octanol–water partition coefficient (Wildman–Crippen LogP) is 3.29. The SMILES string of the molecule is CCOc1ncccc1CNC(=O)CCc1ccc(CC)cc1. The highest BCUT2D eigenvalue weighted by molar-refractivity contribution is 5.76. The van der Waals surface area contributed by atoms with E-state index in [9.17, 15) is 4.79 Å². The van der Waals surface area contributed by atoms with Crippen LogP contribution in [0.25, 0.3) is 0 Å². The third-order valence-corrected chi connectivity index (χ3v) is 3.68. The molecule has 0 saturated heterocycles. The summed E-state index contributed by atoms with van der Waals surface area (Å²) >= 11 is 0. The fourth-order valence-corrected chi connectivity index (χ4v) is 2.31. The first-order valence-electron chi connectivity index (χ1n) is 8.14. The highest BCUT2D eigenvalue weighted by Crippen LogP contribution is 2.14. The Morgan fingerprint density at radius 3 is 2.57 bits per heavy atom. The molecular formula is C19H24N2O2. The van der Waals surface area contributed by atoms with Gasteiger partial charge in [0, 0.05) is 24.7 Å². The summed E-state index contributed by atoms with van der Waals surface area (Å²) in [6, 6.07) is 12.2. The Morgan fingerprint density at radius 1 is 1.13 bits per heavy atom. The largest absolute Gasteiger partial charge is 0.478 e. The van der Waals surface area contributed by atoms with Crippen LogP contribution in [-0.4, -0.2) is 17.5 Å². The van der Waals surface area contributed by atoms with Gasteiger partial charge in [0.05, 0.1) is 6.61 Å². The quantitative estimate of drug-likeness (QED) is 0.814. The van der Waals surface area contributed by atoms with Crippen LogP contribution in [0, 0.1) is 0 Å². The summed E-state index contributed by atoms with van der Waals surface area (Å²) in [4.78, 5) is 16.2. The highest BCUT2D eigenvalue weighted by atomic mass is 16.5. The molecule has 0 atom stereocenters.